The van der Waals surface area contributed by atoms with E-state index in [1.807, 2.05) is 13.8 Å². The fourth-order valence-electron chi connectivity index (χ4n) is 2.54. The zero-order valence-electron chi connectivity index (χ0n) is 13.5. The number of nitrogens with zero attached hydrogens (tertiary/aromatic N) is 1. The highest BCUT2D eigenvalue weighted by atomic mass is 35.5. The summed E-state index contributed by atoms with van der Waals surface area (Å²) in [6, 6.07) is 6.12. The Hall–Kier alpha value is -1.59. The number of benzene rings is 1. The van der Waals surface area contributed by atoms with Crippen LogP contribution in [0.5, 0.6) is 0 Å². The minimum Gasteiger partial charge on any atom is -0.378 e. The first-order valence-corrected chi connectivity index (χ1v) is 8.28. The maximum Gasteiger partial charge on any atom is 0.251 e. The average Bonchev–Trinajstić information content (AvgIpc) is 2.54. The second kappa shape index (κ2) is 8.31. The van der Waals surface area contributed by atoms with E-state index in [0.29, 0.717) is 49.2 Å². The van der Waals surface area contributed by atoms with Crippen LogP contribution in [0.1, 0.15) is 30.6 Å². The van der Waals surface area contributed by atoms with Gasteiger partial charge in [-0.15, -0.1) is 0 Å². The molecule has 6 heteroatoms. The third-order valence-electron chi connectivity index (χ3n) is 3.74. The molecule has 2 rings (SSSR count). The third kappa shape index (κ3) is 5.22. The molecule has 1 atom stereocenters. The summed E-state index contributed by atoms with van der Waals surface area (Å²) in [7, 11) is 0. The Kier molecular flexibility index (Phi) is 6.42. The van der Waals surface area contributed by atoms with E-state index in [9.17, 15) is 9.59 Å². The van der Waals surface area contributed by atoms with Gasteiger partial charge in [0.1, 0.15) is 6.04 Å². The van der Waals surface area contributed by atoms with Crippen molar-refractivity contribution in [2.45, 2.75) is 26.3 Å². The molecule has 126 valence electrons. The van der Waals surface area contributed by atoms with Crippen molar-refractivity contribution in [1.82, 2.24) is 10.2 Å². The van der Waals surface area contributed by atoms with Crippen molar-refractivity contribution in [2.75, 3.05) is 26.3 Å². The number of carbonyl (C=O) groups excluding carboxylic acids is 2. The number of halogens is 1. The number of amides is 2. The number of rotatable bonds is 5. The van der Waals surface area contributed by atoms with Crippen LogP contribution in [-0.2, 0) is 9.53 Å². The molecule has 1 aromatic rings. The molecule has 0 aromatic heterocycles. The van der Waals surface area contributed by atoms with Crippen molar-refractivity contribution in [3.8, 4) is 0 Å². The van der Waals surface area contributed by atoms with Crippen molar-refractivity contribution in [2.24, 2.45) is 5.92 Å². The van der Waals surface area contributed by atoms with Crippen LogP contribution in [-0.4, -0.2) is 49.1 Å². The largest absolute Gasteiger partial charge is 0.378 e. The molecular weight excluding hydrogens is 316 g/mol. The molecule has 5 nitrogen and oxygen atoms in total. The SMILES string of the molecule is CC(C)C[C@@H](NC(=O)c1ccc(Cl)cc1)C(=O)N1CCOCC1. The molecule has 0 bridgehead atoms. The van der Waals surface area contributed by atoms with E-state index >= 15 is 0 Å². The van der Waals surface area contributed by atoms with E-state index in [1.54, 1.807) is 29.2 Å². The Morgan fingerprint density at radius 3 is 2.39 bits per heavy atom. The van der Waals surface area contributed by atoms with Crippen LogP contribution < -0.4 is 5.32 Å². The van der Waals surface area contributed by atoms with Crippen LogP contribution in [0.2, 0.25) is 5.02 Å². The number of nitrogens with one attached hydrogen (secondary N) is 1. The Morgan fingerprint density at radius 1 is 1.22 bits per heavy atom. The maximum absolute atomic E-state index is 12.7. The van der Waals surface area contributed by atoms with Gasteiger partial charge >= 0.3 is 0 Å². The average molecular weight is 339 g/mol. The maximum atomic E-state index is 12.7. The molecule has 0 aliphatic carbocycles. The molecular formula is C17H23ClN2O3. The molecule has 0 spiro atoms. The van der Waals surface area contributed by atoms with Gasteiger partial charge in [0.05, 0.1) is 13.2 Å². The summed E-state index contributed by atoms with van der Waals surface area (Å²) >= 11 is 5.84. The molecule has 23 heavy (non-hydrogen) atoms. The van der Waals surface area contributed by atoms with E-state index < -0.39 is 6.04 Å². The lowest BCUT2D eigenvalue weighted by atomic mass is 10.0. The second-order valence-electron chi connectivity index (χ2n) is 6.10. The predicted molar refractivity (Wildman–Crippen MR) is 89.6 cm³/mol. The van der Waals surface area contributed by atoms with Gasteiger partial charge in [0.2, 0.25) is 5.91 Å². The zero-order valence-corrected chi connectivity index (χ0v) is 14.3. The molecule has 1 saturated heterocycles. The monoisotopic (exact) mass is 338 g/mol. The minimum absolute atomic E-state index is 0.0377. The van der Waals surface area contributed by atoms with Crippen molar-refractivity contribution in [3.63, 3.8) is 0 Å². The number of hydrogen-bond acceptors (Lipinski definition) is 3. The smallest absolute Gasteiger partial charge is 0.251 e. The zero-order chi connectivity index (χ0) is 16.8. The van der Waals surface area contributed by atoms with Gasteiger partial charge in [-0.3, -0.25) is 9.59 Å². The molecule has 1 aliphatic rings. The summed E-state index contributed by atoms with van der Waals surface area (Å²) in [6.07, 6.45) is 0.607. The van der Waals surface area contributed by atoms with E-state index in [4.69, 9.17) is 16.3 Å². The number of hydrogen-bond donors (Lipinski definition) is 1. The van der Waals surface area contributed by atoms with Gasteiger partial charge in [-0.05, 0) is 36.6 Å². The highest BCUT2D eigenvalue weighted by Gasteiger charge is 2.28. The van der Waals surface area contributed by atoms with Gasteiger partial charge in [-0.1, -0.05) is 25.4 Å². The highest BCUT2D eigenvalue weighted by Crippen LogP contribution is 2.13. The Labute approximate surface area is 141 Å². The number of morpholine rings is 1. The lowest BCUT2D eigenvalue weighted by Crippen LogP contribution is -2.52. The van der Waals surface area contributed by atoms with Crippen LogP contribution in [0.3, 0.4) is 0 Å². The van der Waals surface area contributed by atoms with Crippen LogP contribution >= 0.6 is 11.6 Å². The molecule has 1 fully saturated rings. The lowest BCUT2D eigenvalue weighted by molar-refractivity contribution is -0.137. The first-order valence-electron chi connectivity index (χ1n) is 7.90. The van der Waals surface area contributed by atoms with Crippen LogP contribution in [0.4, 0.5) is 0 Å². The van der Waals surface area contributed by atoms with Crippen molar-refractivity contribution in [1.29, 1.82) is 0 Å². The Bertz CT molecular complexity index is 539. The summed E-state index contributed by atoms with van der Waals surface area (Å²) < 4.78 is 5.28. The molecule has 2 amide bonds. The van der Waals surface area contributed by atoms with Gasteiger partial charge in [0, 0.05) is 23.7 Å². The minimum atomic E-state index is -0.517. The van der Waals surface area contributed by atoms with Gasteiger partial charge in [0.25, 0.3) is 5.91 Å². The van der Waals surface area contributed by atoms with Gasteiger partial charge in [-0.25, -0.2) is 0 Å². The topological polar surface area (TPSA) is 58.6 Å². The van der Waals surface area contributed by atoms with Crippen molar-refractivity contribution in [3.05, 3.63) is 34.9 Å². The molecule has 1 heterocycles. The fourth-order valence-corrected chi connectivity index (χ4v) is 2.67. The summed E-state index contributed by atoms with van der Waals surface area (Å²) in [5.74, 6) is 0.00810. The molecule has 0 saturated carbocycles. The summed E-state index contributed by atoms with van der Waals surface area (Å²) in [6.45, 7) is 6.31. The number of ether oxygens (including phenoxy) is 1. The molecule has 1 N–H and O–H groups in total. The second-order valence-corrected chi connectivity index (χ2v) is 6.54. The normalized spacial score (nSPS) is 16.3. The first-order chi connectivity index (χ1) is 11.0. The Morgan fingerprint density at radius 2 is 1.83 bits per heavy atom. The van der Waals surface area contributed by atoms with E-state index in [0.717, 1.165) is 0 Å². The van der Waals surface area contributed by atoms with Crippen LogP contribution in [0, 0.1) is 5.92 Å². The van der Waals surface area contributed by atoms with Crippen molar-refractivity contribution < 1.29 is 14.3 Å². The summed E-state index contributed by atoms with van der Waals surface area (Å²) in [4.78, 5) is 26.8. The molecule has 1 aromatic carbocycles. The van der Waals surface area contributed by atoms with Gasteiger partial charge < -0.3 is 15.0 Å². The molecule has 0 radical (unpaired) electrons. The fraction of sp³-hybridized carbons (Fsp3) is 0.529. The standard InChI is InChI=1S/C17H23ClN2O3/c1-12(2)11-15(17(22)20-7-9-23-10-8-20)19-16(21)13-3-5-14(18)6-4-13/h3-6,12,15H,7-11H2,1-2H3,(H,19,21)/t15-/m1/s1. The van der Waals surface area contributed by atoms with E-state index in [-0.39, 0.29) is 11.8 Å². The highest BCUT2D eigenvalue weighted by molar-refractivity contribution is 6.30. The quantitative estimate of drug-likeness (QED) is 0.896. The first kappa shape index (κ1) is 17.8. The van der Waals surface area contributed by atoms with E-state index in [2.05, 4.69) is 5.32 Å². The Balaban J connectivity index is 2.06. The van der Waals surface area contributed by atoms with E-state index in [1.165, 1.54) is 0 Å². The summed E-state index contributed by atoms with van der Waals surface area (Å²) in [5, 5.41) is 3.44. The lowest BCUT2D eigenvalue weighted by Gasteiger charge is -2.31. The molecule has 0 unspecified atom stereocenters. The van der Waals surface area contributed by atoms with Crippen LogP contribution in [0.25, 0.3) is 0 Å². The number of carbonyl (C=O) groups is 2. The predicted octanol–water partition coefficient (Wildman–Crippen LogP) is 2.34. The van der Waals surface area contributed by atoms with Crippen molar-refractivity contribution >= 4 is 23.4 Å². The van der Waals surface area contributed by atoms with Gasteiger partial charge in [-0.2, -0.15) is 0 Å². The van der Waals surface area contributed by atoms with Gasteiger partial charge in [0.15, 0.2) is 0 Å². The van der Waals surface area contributed by atoms with Crippen LogP contribution in [0.15, 0.2) is 24.3 Å². The summed E-state index contributed by atoms with van der Waals surface area (Å²) in [5.41, 5.74) is 0.498. The third-order valence-corrected chi connectivity index (χ3v) is 3.99. The molecule has 1 aliphatic heterocycles.